The van der Waals surface area contributed by atoms with E-state index < -0.39 is 0 Å². The first kappa shape index (κ1) is 16.2. The molecule has 0 fully saturated rings. The summed E-state index contributed by atoms with van der Waals surface area (Å²) in [6.45, 7) is 2.59. The standard InChI is InChI=1S/C17H15N7OS/c1-11-3-2-4-15-21-13(9-24(11)15)8-19-14-6-5-12(7-18-14)16(25)22-17-23-20-10-26-17/h2-7,9-10H,8H2,1H3,(H,18,19)(H,22,23,25). The molecule has 1 amide bonds. The fourth-order valence-electron chi connectivity index (χ4n) is 2.49. The first-order valence-electron chi connectivity index (χ1n) is 7.90. The normalized spacial score (nSPS) is 10.8. The molecule has 0 atom stereocenters. The third-order valence-electron chi connectivity index (χ3n) is 3.80. The van der Waals surface area contributed by atoms with Crippen molar-refractivity contribution in [2.75, 3.05) is 10.6 Å². The zero-order valence-corrected chi connectivity index (χ0v) is 14.7. The highest BCUT2D eigenvalue weighted by Gasteiger charge is 2.09. The van der Waals surface area contributed by atoms with Gasteiger partial charge in [0, 0.05) is 18.1 Å². The third kappa shape index (κ3) is 3.38. The van der Waals surface area contributed by atoms with Gasteiger partial charge in [-0.25, -0.2) is 9.97 Å². The minimum Gasteiger partial charge on any atom is -0.364 e. The highest BCUT2D eigenvalue weighted by molar-refractivity contribution is 7.13. The topological polar surface area (TPSA) is 97.1 Å². The van der Waals surface area contributed by atoms with Crippen molar-refractivity contribution in [3.63, 3.8) is 0 Å². The fraction of sp³-hybridized carbons (Fsp3) is 0.118. The number of hydrogen-bond donors (Lipinski definition) is 2. The Balaban J connectivity index is 1.40. The Morgan fingerprint density at radius 2 is 2.19 bits per heavy atom. The second kappa shape index (κ2) is 6.89. The second-order valence-corrected chi connectivity index (χ2v) is 6.44. The van der Waals surface area contributed by atoms with Crippen LogP contribution in [0.25, 0.3) is 5.65 Å². The van der Waals surface area contributed by atoms with Crippen LogP contribution in [0.5, 0.6) is 0 Å². The fourth-order valence-corrected chi connectivity index (χ4v) is 2.93. The quantitative estimate of drug-likeness (QED) is 0.564. The molecule has 130 valence electrons. The molecule has 0 radical (unpaired) electrons. The summed E-state index contributed by atoms with van der Waals surface area (Å²) in [6, 6.07) is 9.47. The number of rotatable bonds is 5. The lowest BCUT2D eigenvalue weighted by Crippen LogP contribution is -2.12. The first-order chi connectivity index (χ1) is 12.7. The van der Waals surface area contributed by atoms with Crippen LogP contribution in [0.15, 0.2) is 48.2 Å². The first-order valence-corrected chi connectivity index (χ1v) is 8.78. The summed E-state index contributed by atoms with van der Waals surface area (Å²) in [5, 5.41) is 13.8. The van der Waals surface area contributed by atoms with E-state index in [-0.39, 0.29) is 5.91 Å². The number of carbonyl (C=O) groups excluding carboxylic acids is 1. The van der Waals surface area contributed by atoms with Gasteiger partial charge in [0.05, 0.1) is 17.8 Å². The molecular formula is C17H15N7OS. The largest absolute Gasteiger partial charge is 0.364 e. The molecule has 26 heavy (non-hydrogen) atoms. The van der Waals surface area contributed by atoms with Crippen molar-refractivity contribution in [2.24, 2.45) is 0 Å². The summed E-state index contributed by atoms with van der Waals surface area (Å²) in [5.41, 5.74) is 4.97. The molecule has 0 saturated heterocycles. The molecule has 0 spiro atoms. The molecule has 0 saturated carbocycles. The summed E-state index contributed by atoms with van der Waals surface area (Å²) in [4.78, 5) is 20.9. The minimum atomic E-state index is -0.267. The number of pyridine rings is 2. The van der Waals surface area contributed by atoms with E-state index >= 15 is 0 Å². The van der Waals surface area contributed by atoms with E-state index in [4.69, 9.17) is 0 Å². The number of anilines is 2. The van der Waals surface area contributed by atoms with Crippen LogP contribution in [-0.4, -0.2) is 30.5 Å². The van der Waals surface area contributed by atoms with Crippen LogP contribution in [0, 0.1) is 6.92 Å². The van der Waals surface area contributed by atoms with Gasteiger partial charge in [0.15, 0.2) is 0 Å². The Morgan fingerprint density at radius 1 is 1.27 bits per heavy atom. The van der Waals surface area contributed by atoms with Gasteiger partial charge in [-0.2, -0.15) is 0 Å². The molecular weight excluding hydrogens is 350 g/mol. The maximum Gasteiger partial charge on any atom is 0.259 e. The number of nitrogens with zero attached hydrogens (tertiary/aromatic N) is 5. The number of hydrogen-bond acceptors (Lipinski definition) is 7. The highest BCUT2D eigenvalue weighted by Crippen LogP contribution is 2.13. The van der Waals surface area contributed by atoms with Crippen molar-refractivity contribution in [1.29, 1.82) is 0 Å². The maximum atomic E-state index is 12.1. The molecule has 0 aromatic carbocycles. The molecule has 4 aromatic rings. The van der Waals surface area contributed by atoms with Crippen LogP contribution in [0.3, 0.4) is 0 Å². The Labute approximate surface area is 153 Å². The lowest BCUT2D eigenvalue weighted by Gasteiger charge is -2.05. The summed E-state index contributed by atoms with van der Waals surface area (Å²) >= 11 is 1.26. The van der Waals surface area contributed by atoms with Gasteiger partial charge in [0.2, 0.25) is 5.13 Å². The number of imidazole rings is 1. The Bertz CT molecular complexity index is 1040. The van der Waals surface area contributed by atoms with E-state index in [0.717, 1.165) is 17.0 Å². The van der Waals surface area contributed by atoms with Gasteiger partial charge in [-0.3, -0.25) is 10.1 Å². The van der Waals surface area contributed by atoms with E-state index in [0.29, 0.717) is 23.1 Å². The summed E-state index contributed by atoms with van der Waals surface area (Å²) in [5.74, 6) is 0.405. The molecule has 9 heteroatoms. The Hall–Kier alpha value is -3.33. The van der Waals surface area contributed by atoms with E-state index in [2.05, 4.69) is 30.8 Å². The average Bonchev–Trinajstić information content (AvgIpc) is 3.30. The number of aryl methyl sites for hydroxylation is 1. The number of aromatic nitrogens is 5. The predicted molar refractivity (Wildman–Crippen MR) is 99.4 cm³/mol. The van der Waals surface area contributed by atoms with Gasteiger partial charge in [-0.05, 0) is 31.2 Å². The van der Waals surface area contributed by atoms with Gasteiger partial charge >= 0.3 is 0 Å². The van der Waals surface area contributed by atoms with E-state index in [9.17, 15) is 4.79 Å². The summed E-state index contributed by atoms with van der Waals surface area (Å²) in [6.07, 6.45) is 3.52. The van der Waals surface area contributed by atoms with E-state index in [1.807, 2.05) is 35.7 Å². The van der Waals surface area contributed by atoms with Gasteiger partial charge in [0.25, 0.3) is 5.91 Å². The molecule has 4 rings (SSSR count). The molecule has 0 aliphatic rings. The highest BCUT2D eigenvalue weighted by atomic mass is 32.1. The van der Waals surface area contributed by atoms with Crippen molar-refractivity contribution >= 4 is 33.8 Å². The van der Waals surface area contributed by atoms with Crippen molar-refractivity contribution in [3.05, 3.63) is 65.2 Å². The molecule has 8 nitrogen and oxygen atoms in total. The van der Waals surface area contributed by atoms with Crippen LogP contribution in [0.1, 0.15) is 21.7 Å². The predicted octanol–water partition coefficient (Wildman–Crippen LogP) is 2.75. The molecule has 4 aromatic heterocycles. The van der Waals surface area contributed by atoms with Crippen molar-refractivity contribution < 1.29 is 4.79 Å². The lowest BCUT2D eigenvalue weighted by molar-refractivity contribution is 0.102. The number of nitrogens with one attached hydrogen (secondary N) is 2. The molecule has 4 heterocycles. The number of amides is 1. The number of carbonyl (C=O) groups is 1. The molecule has 2 N–H and O–H groups in total. The molecule has 0 aliphatic carbocycles. The Kier molecular flexibility index (Phi) is 4.28. The monoisotopic (exact) mass is 365 g/mol. The molecule has 0 unspecified atom stereocenters. The van der Waals surface area contributed by atoms with Crippen LogP contribution in [0.2, 0.25) is 0 Å². The van der Waals surface area contributed by atoms with Crippen LogP contribution in [-0.2, 0) is 6.54 Å². The van der Waals surface area contributed by atoms with Gasteiger partial charge in [-0.1, -0.05) is 17.4 Å². The molecule has 0 aliphatic heterocycles. The molecule has 0 bridgehead atoms. The van der Waals surface area contributed by atoms with Gasteiger partial charge in [0.1, 0.15) is 17.0 Å². The maximum absolute atomic E-state index is 12.1. The van der Waals surface area contributed by atoms with Gasteiger partial charge < -0.3 is 9.72 Å². The second-order valence-electron chi connectivity index (χ2n) is 5.61. The smallest absolute Gasteiger partial charge is 0.259 e. The zero-order valence-electron chi connectivity index (χ0n) is 13.9. The SMILES string of the molecule is Cc1cccc2nc(CNc3ccc(C(=O)Nc4nncs4)cn3)cn12. The summed E-state index contributed by atoms with van der Waals surface area (Å²) < 4.78 is 2.05. The van der Waals surface area contributed by atoms with Crippen LogP contribution >= 0.6 is 11.3 Å². The van der Waals surface area contributed by atoms with Gasteiger partial charge in [-0.15, -0.1) is 10.2 Å². The van der Waals surface area contributed by atoms with Crippen molar-refractivity contribution in [1.82, 2.24) is 24.6 Å². The zero-order chi connectivity index (χ0) is 17.9. The Morgan fingerprint density at radius 3 is 2.92 bits per heavy atom. The van der Waals surface area contributed by atoms with Crippen LogP contribution in [0.4, 0.5) is 10.9 Å². The average molecular weight is 365 g/mol. The summed E-state index contributed by atoms with van der Waals surface area (Å²) in [7, 11) is 0. The van der Waals surface area contributed by atoms with E-state index in [1.165, 1.54) is 17.5 Å². The number of fused-ring (bicyclic) bond motifs is 1. The minimum absolute atomic E-state index is 0.267. The van der Waals surface area contributed by atoms with Crippen molar-refractivity contribution in [3.8, 4) is 0 Å². The van der Waals surface area contributed by atoms with Crippen LogP contribution < -0.4 is 10.6 Å². The van der Waals surface area contributed by atoms with Crippen molar-refractivity contribution in [2.45, 2.75) is 13.5 Å². The lowest BCUT2D eigenvalue weighted by atomic mass is 10.2. The van der Waals surface area contributed by atoms with E-state index in [1.54, 1.807) is 17.6 Å². The third-order valence-corrected chi connectivity index (χ3v) is 4.41.